The summed E-state index contributed by atoms with van der Waals surface area (Å²) in [6, 6.07) is 13.2. The lowest BCUT2D eigenvalue weighted by molar-refractivity contribution is -0.141. The fraction of sp³-hybridized carbons (Fsp3) is 0.429. The Hall–Kier alpha value is -2.92. The van der Waals surface area contributed by atoms with Gasteiger partial charge in [0.15, 0.2) is 0 Å². The van der Waals surface area contributed by atoms with E-state index in [2.05, 4.69) is 0 Å². The average Bonchev–Trinajstić information content (AvgIpc) is 2.68. The van der Waals surface area contributed by atoms with Gasteiger partial charge in [-0.3, -0.25) is 4.79 Å². The molecule has 2 atom stereocenters. The van der Waals surface area contributed by atoms with Crippen molar-refractivity contribution in [2.75, 3.05) is 6.61 Å². The van der Waals surface area contributed by atoms with Gasteiger partial charge in [0, 0.05) is 5.92 Å². The maximum absolute atomic E-state index is 13.3. The third-order valence-electron chi connectivity index (χ3n) is 5.42. The molecule has 2 aliphatic rings. The summed E-state index contributed by atoms with van der Waals surface area (Å²) in [6.07, 6.45) is 3.20. The number of carbonyl (C=O) groups is 2. The first-order chi connectivity index (χ1) is 12.6. The van der Waals surface area contributed by atoms with Crippen molar-refractivity contribution >= 4 is 11.8 Å². The van der Waals surface area contributed by atoms with E-state index in [1.54, 1.807) is 6.92 Å². The smallest absolute Gasteiger partial charge is 0.341 e. The molecule has 1 fully saturated rings. The van der Waals surface area contributed by atoms with Crippen molar-refractivity contribution in [2.24, 2.45) is 11.3 Å². The van der Waals surface area contributed by atoms with Crippen LogP contribution in [0.15, 0.2) is 41.5 Å². The zero-order chi connectivity index (χ0) is 18.7. The molecule has 0 aromatic heterocycles. The number of nitriles is 2. The van der Waals surface area contributed by atoms with E-state index in [0.717, 1.165) is 30.4 Å². The minimum absolute atomic E-state index is 0.0631. The number of hydrogen-bond acceptors (Lipinski definition) is 5. The Kier molecular flexibility index (Phi) is 4.91. The van der Waals surface area contributed by atoms with Crippen molar-refractivity contribution in [3.63, 3.8) is 0 Å². The molecule has 5 heteroatoms. The number of allylic oxidation sites excluding steroid dienone is 1. The van der Waals surface area contributed by atoms with Gasteiger partial charge in [-0.05, 0) is 43.2 Å². The molecule has 0 saturated heterocycles. The fourth-order valence-corrected chi connectivity index (χ4v) is 4.34. The van der Waals surface area contributed by atoms with Crippen LogP contribution in [-0.2, 0) is 14.3 Å². The van der Waals surface area contributed by atoms with Crippen LogP contribution >= 0.6 is 0 Å². The number of fused-ring (bicyclic) bond motifs is 1. The molecule has 0 spiro atoms. The van der Waals surface area contributed by atoms with Crippen molar-refractivity contribution in [1.29, 1.82) is 10.5 Å². The molecule has 0 radical (unpaired) electrons. The highest BCUT2D eigenvalue weighted by Gasteiger charge is 2.58. The highest BCUT2D eigenvalue weighted by molar-refractivity contribution is 6.23. The van der Waals surface area contributed by atoms with Gasteiger partial charge in [0.1, 0.15) is 5.57 Å². The van der Waals surface area contributed by atoms with Crippen LogP contribution in [-0.4, -0.2) is 18.4 Å². The van der Waals surface area contributed by atoms with Gasteiger partial charge in [-0.25, -0.2) is 4.79 Å². The number of esters is 1. The van der Waals surface area contributed by atoms with E-state index < -0.39 is 23.1 Å². The molecule has 1 aromatic carbocycles. The normalized spacial score (nSPS) is 24.2. The number of hydrogen-bond donors (Lipinski definition) is 0. The average molecular weight is 348 g/mol. The summed E-state index contributed by atoms with van der Waals surface area (Å²) < 4.78 is 5.09. The Morgan fingerprint density at radius 1 is 1.23 bits per heavy atom. The van der Waals surface area contributed by atoms with E-state index in [4.69, 9.17) is 4.74 Å². The Balaban J connectivity index is 2.26. The molecule has 2 unspecified atom stereocenters. The maximum Gasteiger partial charge on any atom is 0.341 e. The number of rotatable bonds is 3. The molecule has 132 valence electrons. The van der Waals surface area contributed by atoms with E-state index in [0.29, 0.717) is 6.42 Å². The number of ether oxygens (including phenoxy) is 1. The van der Waals surface area contributed by atoms with Gasteiger partial charge in [-0.1, -0.05) is 36.8 Å². The minimum Gasteiger partial charge on any atom is -0.462 e. The molecule has 0 N–H and O–H groups in total. The number of carbonyl (C=O) groups excluding carboxylic acids is 2. The van der Waals surface area contributed by atoms with Gasteiger partial charge in [0.2, 0.25) is 11.2 Å². The second kappa shape index (κ2) is 7.14. The summed E-state index contributed by atoms with van der Waals surface area (Å²) >= 11 is 0. The predicted molar refractivity (Wildman–Crippen MR) is 93.5 cm³/mol. The second-order valence-corrected chi connectivity index (χ2v) is 6.72. The van der Waals surface area contributed by atoms with Gasteiger partial charge in [-0.15, -0.1) is 0 Å². The highest BCUT2D eigenvalue weighted by atomic mass is 16.5. The Bertz CT molecular complexity index is 828. The number of Topliss-reactive ketones (excluding diaryl/α,β-unsaturated/α-hetero) is 1. The zero-order valence-corrected chi connectivity index (χ0v) is 14.7. The number of nitrogens with zero attached hydrogens (tertiary/aromatic N) is 2. The second-order valence-electron chi connectivity index (χ2n) is 6.72. The molecule has 3 rings (SSSR count). The van der Waals surface area contributed by atoms with Crippen molar-refractivity contribution < 1.29 is 14.3 Å². The first kappa shape index (κ1) is 17.9. The number of ketones is 1. The third kappa shape index (κ3) is 2.61. The van der Waals surface area contributed by atoms with Crippen LogP contribution in [0.4, 0.5) is 0 Å². The first-order valence-electron chi connectivity index (χ1n) is 8.93. The molecule has 1 aromatic rings. The van der Waals surface area contributed by atoms with Crippen LogP contribution in [0.3, 0.4) is 0 Å². The lowest BCUT2D eigenvalue weighted by atomic mass is 9.55. The monoisotopic (exact) mass is 348 g/mol. The molecule has 5 nitrogen and oxygen atoms in total. The van der Waals surface area contributed by atoms with Crippen LogP contribution in [0.1, 0.15) is 44.1 Å². The van der Waals surface area contributed by atoms with E-state index in [1.165, 1.54) is 0 Å². The maximum atomic E-state index is 13.3. The van der Waals surface area contributed by atoms with Crippen LogP contribution in [0.25, 0.3) is 0 Å². The standard InChI is InChI=1S/C21H20N2O3/c1-2-26-20(25)17-15-10-6-7-11-16(15)18(14-8-4-3-5-9-14)21(12-22,13-23)19(17)24/h3-5,8-9,16,18H,2,6-7,10-11H2,1H3. The van der Waals surface area contributed by atoms with Gasteiger partial charge >= 0.3 is 5.97 Å². The van der Waals surface area contributed by atoms with E-state index in [1.807, 2.05) is 42.5 Å². The molecular formula is C21H20N2O3. The SMILES string of the molecule is CCOC(=O)C1=C2CCCCC2C(c2ccccc2)C(C#N)(C#N)C1=O. The summed E-state index contributed by atoms with van der Waals surface area (Å²) in [5, 5.41) is 19.8. The van der Waals surface area contributed by atoms with Gasteiger partial charge in [0.25, 0.3) is 0 Å². The van der Waals surface area contributed by atoms with Crippen molar-refractivity contribution in [1.82, 2.24) is 0 Å². The van der Waals surface area contributed by atoms with E-state index in [9.17, 15) is 20.1 Å². The van der Waals surface area contributed by atoms with Gasteiger partial charge in [-0.2, -0.15) is 10.5 Å². The largest absolute Gasteiger partial charge is 0.462 e. The van der Waals surface area contributed by atoms with Crippen LogP contribution in [0.2, 0.25) is 0 Å². The van der Waals surface area contributed by atoms with Crippen molar-refractivity contribution in [3.8, 4) is 12.1 Å². The summed E-state index contributed by atoms with van der Waals surface area (Å²) in [4.78, 5) is 25.8. The minimum atomic E-state index is -1.91. The third-order valence-corrected chi connectivity index (χ3v) is 5.42. The van der Waals surface area contributed by atoms with Crippen LogP contribution in [0, 0.1) is 34.0 Å². The molecular weight excluding hydrogens is 328 g/mol. The van der Waals surface area contributed by atoms with Crippen molar-refractivity contribution in [2.45, 2.75) is 38.5 Å². The highest BCUT2D eigenvalue weighted by Crippen LogP contribution is 2.54. The molecule has 0 bridgehead atoms. The summed E-state index contributed by atoms with van der Waals surface area (Å²) in [6.45, 7) is 1.81. The van der Waals surface area contributed by atoms with E-state index >= 15 is 0 Å². The molecule has 0 aliphatic heterocycles. The number of benzene rings is 1. The quantitative estimate of drug-likeness (QED) is 0.616. The lowest BCUT2D eigenvalue weighted by Crippen LogP contribution is -2.47. The van der Waals surface area contributed by atoms with Crippen LogP contribution < -0.4 is 0 Å². The van der Waals surface area contributed by atoms with E-state index in [-0.39, 0.29) is 18.1 Å². The molecule has 26 heavy (non-hydrogen) atoms. The molecule has 0 heterocycles. The zero-order valence-electron chi connectivity index (χ0n) is 14.7. The Morgan fingerprint density at radius 3 is 2.54 bits per heavy atom. The Labute approximate surface area is 152 Å². The Morgan fingerprint density at radius 2 is 1.92 bits per heavy atom. The fourth-order valence-electron chi connectivity index (χ4n) is 4.34. The summed E-state index contributed by atoms with van der Waals surface area (Å²) in [5.41, 5.74) is -0.424. The predicted octanol–water partition coefficient (Wildman–Crippen LogP) is 3.44. The molecule has 1 saturated carbocycles. The lowest BCUT2D eigenvalue weighted by Gasteiger charge is -2.43. The topological polar surface area (TPSA) is 90.9 Å². The van der Waals surface area contributed by atoms with Gasteiger partial charge in [0.05, 0.1) is 18.7 Å². The molecule has 2 aliphatic carbocycles. The molecule has 0 amide bonds. The first-order valence-corrected chi connectivity index (χ1v) is 8.93. The van der Waals surface area contributed by atoms with Gasteiger partial charge < -0.3 is 4.74 Å². The van der Waals surface area contributed by atoms with Crippen molar-refractivity contribution in [3.05, 3.63) is 47.0 Å². The summed E-state index contributed by atoms with van der Waals surface area (Å²) in [5.74, 6) is -2.16. The summed E-state index contributed by atoms with van der Waals surface area (Å²) in [7, 11) is 0. The van der Waals surface area contributed by atoms with Crippen LogP contribution in [0.5, 0.6) is 0 Å².